The van der Waals surface area contributed by atoms with Crippen molar-refractivity contribution in [3.8, 4) is 23.0 Å². The molecule has 0 spiro atoms. The number of ether oxygens (including phenoxy) is 1. The average molecular weight is 284 g/mol. The van der Waals surface area contributed by atoms with Crippen molar-refractivity contribution in [1.82, 2.24) is 0 Å². The van der Waals surface area contributed by atoms with Gasteiger partial charge in [-0.3, -0.25) is 0 Å². The van der Waals surface area contributed by atoms with E-state index in [1.165, 1.54) is 29.5 Å². The number of carbonyl (C=O) groups excluding carboxylic acids is 1. The summed E-state index contributed by atoms with van der Waals surface area (Å²) >= 11 is 1.40. The van der Waals surface area contributed by atoms with Crippen molar-refractivity contribution in [3.63, 3.8) is 0 Å². The molecule has 2 nitrogen and oxygen atoms in total. The molecule has 0 N–H and O–H groups in total. The highest BCUT2D eigenvalue weighted by atomic mass is 32.2. The van der Waals surface area contributed by atoms with E-state index < -0.39 is 0 Å². The molecule has 1 aromatic carbocycles. The molecule has 0 unspecified atom stereocenters. The number of thioether (sulfide) groups is 1. The molecule has 1 rings (SSSR count). The molecule has 102 valence electrons. The van der Waals surface area contributed by atoms with E-state index in [4.69, 9.17) is 4.74 Å². The summed E-state index contributed by atoms with van der Waals surface area (Å²) in [4.78, 5) is 11.0. The van der Waals surface area contributed by atoms with Gasteiger partial charge in [-0.1, -0.05) is 47.2 Å². The van der Waals surface area contributed by atoms with Gasteiger partial charge in [-0.25, -0.2) is 4.79 Å². The van der Waals surface area contributed by atoms with Crippen LogP contribution >= 0.6 is 11.8 Å². The van der Waals surface area contributed by atoms with Crippen LogP contribution in [0.4, 0.5) is 0 Å². The predicted molar refractivity (Wildman–Crippen MR) is 84.1 cm³/mol. The summed E-state index contributed by atoms with van der Waals surface area (Å²) in [6.45, 7) is 4.19. The number of allylic oxidation sites excluding steroid dienone is 1. The van der Waals surface area contributed by atoms with Crippen LogP contribution in [0.15, 0.2) is 36.4 Å². The molecule has 0 heterocycles. The summed E-state index contributed by atoms with van der Waals surface area (Å²) < 4.78 is 4.72. The Balaban J connectivity index is 2.29. The summed E-state index contributed by atoms with van der Waals surface area (Å²) in [5.74, 6) is 9.11. The van der Waals surface area contributed by atoms with Gasteiger partial charge in [0, 0.05) is 11.6 Å². The van der Waals surface area contributed by atoms with E-state index >= 15 is 0 Å². The van der Waals surface area contributed by atoms with Crippen LogP contribution in [0.5, 0.6) is 0 Å². The Morgan fingerprint density at radius 3 is 2.80 bits per heavy atom. The monoisotopic (exact) mass is 284 g/mol. The van der Waals surface area contributed by atoms with Gasteiger partial charge in [-0.15, -0.1) is 0 Å². The zero-order chi connectivity index (χ0) is 14.6. The smallest absolute Gasteiger partial charge is 0.331 e. The summed E-state index contributed by atoms with van der Waals surface area (Å²) in [7, 11) is 0. The highest BCUT2D eigenvalue weighted by Crippen LogP contribution is 2.01. The Kier molecular flexibility index (Phi) is 7.80. The summed E-state index contributed by atoms with van der Waals surface area (Å²) in [6.07, 6.45) is 2.80. The molecular formula is C17H16O2S. The van der Waals surface area contributed by atoms with Crippen molar-refractivity contribution in [2.45, 2.75) is 13.8 Å². The molecule has 0 aliphatic heterocycles. The van der Waals surface area contributed by atoms with Gasteiger partial charge in [0.05, 0.1) is 12.4 Å². The number of esters is 1. The van der Waals surface area contributed by atoms with Crippen LogP contribution in [0.25, 0.3) is 0 Å². The first-order valence-corrected chi connectivity index (χ1v) is 7.22. The Bertz CT molecular complexity index is 577. The third-order valence-corrected chi connectivity index (χ3v) is 2.70. The van der Waals surface area contributed by atoms with Crippen molar-refractivity contribution in [2.75, 3.05) is 12.4 Å². The van der Waals surface area contributed by atoms with Crippen molar-refractivity contribution >= 4 is 17.7 Å². The van der Waals surface area contributed by atoms with Gasteiger partial charge in [-0.05, 0) is 37.3 Å². The molecule has 0 amide bonds. The lowest BCUT2D eigenvalue weighted by atomic mass is 10.2. The van der Waals surface area contributed by atoms with Crippen LogP contribution in [0, 0.1) is 29.9 Å². The highest BCUT2D eigenvalue weighted by molar-refractivity contribution is 8.04. The van der Waals surface area contributed by atoms with Crippen LogP contribution in [0.3, 0.4) is 0 Å². The Morgan fingerprint density at radius 1 is 1.35 bits per heavy atom. The largest absolute Gasteiger partial charge is 0.463 e. The Morgan fingerprint density at radius 2 is 2.10 bits per heavy atom. The van der Waals surface area contributed by atoms with E-state index in [1.54, 1.807) is 6.92 Å². The fourth-order valence-electron chi connectivity index (χ4n) is 1.22. The van der Waals surface area contributed by atoms with Crippen LogP contribution in [-0.4, -0.2) is 18.3 Å². The second kappa shape index (κ2) is 9.78. The number of aryl methyl sites for hydroxylation is 1. The Labute approximate surface area is 124 Å². The van der Waals surface area contributed by atoms with Gasteiger partial charge in [0.2, 0.25) is 0 Å². The molecular weight excluding hydrogens is 268 g/mol. The lowest BCUT2D eigenvalue weighted by Crippen LogP contribution is -1.98. The fraction of sp³-hybridized carbons (Fsp3) is 0.235. The first-order valence-electron chi connectivity index (χ1n) is 6.23. The maximum Gasteiger partial charge on any atom is 0.331 e. The second-order valence-corrected chi connectivity index (χ2v) is 4.57. The average Bonchev–Trinajstić information content (AvgIpc) is 2.44. The summed E-state index contributed by atoms with van der Waals surface area (Å²) in [6, 6.07) is 8.08. The minimum atomic E-state index is -0.369. The van der Waals surface area contributed by atoms with Crippen molar-refractivity contribution in [2.24, 2.45) is 0 Å². The lowest BCUT2D eigenvalue weighted by molar-refractivity contribution is -0.137. The van der Waals surface area contributed by atoms with Crippen molar-refractivity contribution in [3.05, 3.63) is 47.5 Å². The van der Waals surface area contributed by atoms with Gasteiger partial charge < -0.3 is 4.74 Å². The normalized spacial score (nSPS) is 9.30. The van der Waals surface area contributed by atoms with Crippen LogP contribution < -0.4 is 0 Å². The number of benzene rings is 1. The maximum atomic E-state index is 11.0. The number of hydrogen-bond donors (Lipinski definition) is 0. The van der Waals surface area contributed by atoms with Crippen LogP contribution in [-0.2, 0) is 9.53 Å². The SMILES string of the molecule is CCOC(=O)/C=C/C#CSCC#Cc1ccc(C)cc1. The second-order valence-electron chi connectivity index (χ2n) is 3.79. The van der Waals surface area contributed by atoms with Crippen LogP contribution in [0.1, 0.15) is 18.1 Å². The molecule has 0 atom stereocenters. The van der Waals surface area contributed by atoms with Gasteiger partial charge >= 0.3 is 5.97 Å². The van der Waals surface area contributed by atoms with Gasteiger partial charge in [0.15, 0.2) is 0 Å². The van der Waals surface area contributed by atoms with E-state index in [2.05, 4.69) is 23.0 Å². The summed E-state index contributed by atoms with van der Waals surface area (Å²) in [5.41, 5.74) is 2.23. The molecule has 0 fully saturated rings. The topological polar surface area (TPSA) is 26.3 Å². The minimum absolute atomic E-state index is 0.369. The minimum Gasteiger partial charge on any atom is -0.463 e. The standard InChI is InChI=1S/C17H16O2S/c1-3-19-17(18)8-4-5-13-20-14-6-7-16-11-9-15(2)10-12-16/h4,8-12H,3,14H2,1-2H3/b8-4+. The zero-order valence-corrected chi connectivity index (χ0v) is 12.4. The summed E-state index contributed by atoms with van der Waals surface area (Å²) in [5, 5.41) is 2.85. The van der Waals surface area contributed by atoms with Crippen molar-refractivity contribution < 1.29 is 9.53 Å². The highest BCUT2D eigenvalue weighted by Gasteiger charge is 1.89. The van der Waals surface area contributed by atoms with Gasteiger partial charge in [0.25, 0.3) is 0 Å². The first kappa shape index (κ1) is 16.0. The number of rotatable bonds is 3. The number of hydrogen-bond acceptors (Lipinski definition) is 3. The third kappa shape index (κ3) is 7.36. The molecule has 0 radical (unpaired) electrons. The zero-order valence-electron chi connectivity index (χ0n) is 11.6. The van der Waals surface area contributed by atoms with Crippen LogP contribution in [0.2, 0.25) is 0 Å². The van der Waals surface area contributed by atoms with E-state index in [0.29, 0.717) is 12.4 Å². The van der Waals surface area contributed by atoms with Gasteiger partial charge in [0.1, 0.15) is 0 Å². The van der Waals surface area contributed by atoms with E-state index in [-0.39, 0.29) is 5.97 Å². The molecule has 0 aliphatic rings. The third-order valence-electron chi connectivity index (χ3n) is 2.15. The van der Waals surface area contributed by atoms with Crippen molar-refractivity contribution in [1.29, 1.82) is 0 Å². The maximum absolute atomic E-state index is 11.0. The van der Waals surface area contributed by atoms with E-state index in [1.807, 2.05) is 31.2 Å². The molecule has 0 bridgehead atoms. The molecule has 0 saturated carbocycles. The van der Waals surface area contributed by atoms with E-state index in [0.717, 1.165) is 5.56 Å². The van der Waals surface area contributed by atoms with E-state index in [9.17, 15) is 4.79 Å². The quantitative estimate of drug-likeness (QED) is 0.369. The molecule has 3 heteroatoms. The Hall–Kier alpha value is -2.10. The molecule has 1 aromatic rings. The predicted octanol–water partition coefficient (Wildman–Crippen LogP) is 3.16. The lowest BCUT2D eigenvalue weighted by Gasteiger charge is -1.91. The molecule has 0 saturated heterocycles. The van der Waals surface area contributed by atoms with Gasteiger partial charge in [-0.2, -0.15) is 0 Å². The fourth-order valence-corrected chi connectivity index (χ4v) is 1.59. The molecule has 0 aliphatic carbocycles. The number of carbonyl (C=O) groups is 1. The molecule has 20 heavy (non-hydrogen) atoms. The molecule has 0 aromatic heterocycles. The first-order chi connectivity index (χ1) is 9.72.